The maximum absolute atomic E-state index is 12.7. The van der Waals surface area contributed by atoms with Crippen molar-refractivity contribution in [1.29, 1.82) is 0 Å². The monoisotopic (exact) mass is 474 g/mol. The molecular formula is C19H34N6O8. The first-order chi connectivity index (χ1) is 15.3. The topological polar surface area (TPSA) is 257 Å². The van der Waals surface area contributed by atoms with Crippen molar-refractivity contribution in [2.75, 3.05) is 6.54 Å². The van der Waals surface area contributed by atoms with Crippen LogP contribution < -0.4 is 33.2 Å². The van der Waals surface area contributed by atoms with E-state index >= 15 is 0 Å². The van der Waals surface area contributed by atoms with Crippen LogP contribution in [0.5, 0.6) is 0 Å². The van der Waals surface area contributed by atoms with Crippen molar-refractivity contribution in [2.24, 2.45) is 23.1 Å². The van der Waals surface area contributed by atoms with Crippen molar-refractivity contribution < 1.29 is 39.0 Å². The van der Waals surface area contributed by atoms with E-state index in [0.29, 0.717) is 19.4 Å². The molecule has 0 saturated heterocycles. The number of primary amides is 1. The highest BCUT2D eigenvalue weighted by atomic mass is 16.4. The van der Waals surface area contributed by atoms with Crippen molar-refractivity contribution >= 4 is 35.6 Å². The molecule has 188 valence electrons. The second-order valence-electron chi connectivity index (χ2n) is 7.85. The molecule has 0 saturated carbocycles. The van der Waals surface area contributed by atoms with E-state index in [1.165, 1.54) is 0 Å². The first-order valence-electron chi connectivity index (χ1n) is 10.4. The Kier molecular flexibility index (Phi) is 13.3. The van der Waals surface area contributed by atoms with Crippen LogP contribution >= 0.6 is 0 Å². The summed E-state index contributed by atoms with van der Waals surface area (Å²) in [6.45, 7) is 3.51. The number of carbonyl (C=O) groups excluding carboxylic acids is 4. The molecule has 4 unspecified atom stereocenters. The number of aliphatic carboxylic acids is 2. The minimum absolute atomic E-state index is 0.0914. The summed E-state index contributed by atoms with van der Waals surface area (Å²) in [5.41, 5.74) is 15.9. The normalized spacial score (nSPS) is 14.5. The van der Waals surface area contributed by atoms with Crippen LogP contribution in [-0.4, -0.2) is 76.5 Å². The van der Waals surface area contributed by atoms with Crippen LogP contribution in [0.1, 0.15) is 46.0 Å². The lowest BCUT2D eigenvalue weighted by molar-refractivity contribution is -0.144. The summed E-state index contributed by atoms with van der Waals surface area (Å²) in [6, 6.07) is -5.44. The van der Waals surface area contributed by atoms with Gasteiger partial charge in [-0.3, -0.25) is 24.0 Å². The minimum Gasteiger partial charge on any atom is -0.481 e. The fourth-order valence-corrected chi connectivity index (χ4v) is 2.77. The van der Waals surface area contributed by atoms with Gasteiger partial charge >= 0.3 is 11.9 Å². The zero-order valence-corrected chi connectivity index (χ0v) is 18.7. The quantitative estimate of drug-likeness (QED) is 0.105. The third-order valence-electron chi connectivity index (χ3n) is 4.58. The van der Waals surface area contributed by atoms with Gasteiger partial charge in [-0.1, -0.05) is 13.8 Å². The van der Waals surface area contributed by atoms with Crippen LogP contribution in [0.15, 0.2) is 0 Å². The maximum atomic E-state index is 12.7. The van der Waals surface area contributed by atoms with E-state index < -0.39 is 78.5 Å². The van der Waals surface area contributed by atoms with Gasteiger partial charge in [-0.15, -0.1) is 0 Å². The molecule has 0 rings (SSSR count). The highest BCUT2D eigenvalue weighted by molar-refractivity contribution is 5.96. The third kappa shape index (κ3) is 11.8. The molecule has 0 aromatic heterocycles. The number of rotatable bonds is 16. The van der Waals surface area contributed by atoms with Gasteiger partial charge in [0, 0.05) is 0 Å². The molecule has 0 radical (unpaired) electrons. The fraction of sp³-hybridized carbons (Fsp3) is 0.684. The number of carboxylic acids is 2. The number of nitrogens with two attached hydrogens (primary N) is 3. The molecule has 14 nitrogen and oxygen atoms in total. The van der Waals surface area contributed by atoms with Crippen LogP contribution in [-0.2, 0) is 28.8 Å². The lowest BCUT2D eigenvalue weighted by Gasteiger charge is -2.25. The third-order valence-corrected chi connectivity index (χ3v) is 4.58. The Morgan fingerprint density at radius 1 is 0.818 bits per heavy atom. The molecule has 11 N–H and O–H groups in total. The van der Waals surface area contributed by atoms with E-state index in [-0.39, 0.29) is 6.42 Å². The standard InChI is InChI=1S/C19H34N6O8/c1-9(2)15(19(32)33)25-17(30)11(5-3-4-6-20)23-18(31)12(8-14(27)28)24-16(29)10(21)7-13(22)26/h9-12,15H,3-8,20-21H2,1-2H3,(H2,22,26)(H,23,31)(H,24,29)(H,25,30)(H,27,28)(H,32,33). The second kappa shape index (κ2) is 14.7. The van der Waals surface area contributed by atoms with Gasteiger partial charge in [-0.25, -0.2) is 4.79 Å². The predicted octanol–water partition coefficient (Wildman–Crippen LogP) is -3.01. The number of nitrogens with one attached hydrogen (secondary N) is 3. The largest absolute Gasteiger partial charge is 0.481 e. The van der Waals surface area contributed by atoms with Crippen molar-refractivity contribution in [3.8, 4) is 0 Å². The Morgan fingerprint density at radius 3 is 1.82 bits per heavy atom. The first kappa shape index (κ1) is 29.7. The molecule has 0 aliphatic rings. The van der Waals surface area contributed by atoms with Crippen molar-refractivity contribution in [2.45, 2.75) is 70.1 Å². The molecule has 0 aliphatic carbocycles. The molecule has 0 aromatic rings. The first-order valence-corrected chi connectivity index (χ1v) is 10.4. The lowest BCUT2D eigenvalue weighted by Crippen LogP contribution is -2.58. The smallest absolute Gasteiger partial charge is 0.326 e. The highest BCUT2D eigenvalue weighted by Crippen LogP contribution is 2.07. The number of hydrogen-bond donors (Lipinski definition) is 8. The van der Waals surface area contributed by atoms with Gasteiger partial charge in [0.15, 0.2) is 0 Å². The van der Waals surface area contributed by atoms with E-state index in [2.05, 4.69) is 16.0 Å². The summed E-state index contributed by atoms with van der Waals surface area (Å²) >= 11 is 0. The van der Waals surface area contributed by atoms with Gasteiger partial charge in [-0.05, 0) is 31.7 Å². The maximum Gasteiger partial charge on any atom is 0.326 e. The van der Waals surface area contributed by atoms with E-state index in [0.717, 1.165) is 0 Å². The Hall–Kier alpha value is -3.26. The lowest BCUT2D eigenvalue weighted by atomic mass is 10.0. The fourth-order valence-electron chi connectivity index (χ4n) is 2.77. The molecule has 4 amide bonds. The number of hydrogen-bond acceptors (Lipinski definition) is 8. The summed E-state index contributed by atoms with van der Waals surface area (Å²) < 4.78 is 0. The van der Waals surface area contributed by atoms with E-state index in [9.17, 15) is 33.9 Å². The highest BCUT2D eigenvalue weighted by Gasteiger charge is 2.32. The SMILES string of the molecule is CC(C)C(NC(=O)C(CCCCN)NC(=O)C(CC(=O)O)NC(=O)C(N)CC(N)=O)C(=O)O. The van der Waals surface area contributed by atoms with Crippen molar-refractivity contribution in [3.05, 3.63) is 0 Å². The Labute approximate surface area is 191 Å². The van der Waals surface area contributed by atoms with Crippen LogP contribution in [0.4, 0.5) is 0 Å². The number of carbonyl (C=O) groups is 6. The Morgan fingerprint density at radius 2 is 1.36 bits per heavy atom. The van der Waals surface area contributed by atoms with Crippen molar-refractivity contribution in [1.82, 2.24) is 16.0 Å². The van der Waals surface area contributed by atoms with E-state index in [1.807, 2.05) is 0 Å². The van der Waals surface area contributed by atoms with E-state index in [1.54, 1.807) is 13.8 Å². The van der Waals surface area contributed by atoms with Crippen LogP contribution in [0.25, 0.3) is 0 Å². The molecule has 0 aliphatic heterocycles. The average Bonchev–Trinajstić information content (AvgIpc) is 2.69. The summed E-state index contributed by atoms with van der Waals surface area (Å²) in [7, 11) is 0. The molecular weight excluding hydrogens is 440 g/mol. The van der Waals surface area contributed by atoms with Gasteiger partial charge in [0.25, 0.3) is 0 Å². The molecule has 33 heavy (non-hydrogen) atoms. The van der Waals surface area contributed by atoms with Gasteiger partial charge in [0.1, 0.15) is 18.1 Å². The molecule has 0 fully saturated rings. The molecule has 0 spiro atoms. The molecule has 14 heteroatoms. The summed E-state index contributed by atoms with van der Waals surface area (Å²) in [5.74, 6) is -6.76. The van der Waals surface area contributed by atoms with Crippen molar-refractivity contribution in [3.63, 3.8) is 0 Å². The zero-order chi connectivity index (χ0) is 25.7. The molecule has 0 bridgehead atoms. The minimum atomic E-state index is -1.61. The van der Waals surface area contributed by atoms with Gasteiger partial charge in [-0.2, -0.15) is 0 Å². The number of amides is 4. The number of unbranched alkanes of at least 4 members (excludes halogenated alkanes) is 1. The average molecular weight is 475 g/mol. The summed E-state index contributed by atoms with van der Waals surface area (Å²) in [6.07, 6.45) is -0.337. The second-order valence-corrected chi connectivity index (χ2v) is 7.85. The van der Waals surface area contributed by atoms with Crippen LogP contribution in [0.2, 0.25) is 0 Å². The Balaban J connectivity index is 5.53. The van der Waals surface area contributed by atoms with E-state index in [4.69, 9.17) is 22.3 Å². The predicted molar refractivity (Wildman–Crippen MR) is 115 cm³/mol. The van der Waals surface area contributed by atoms with Gasteiger partial charge in [0.2, 0.25) is 23.6 Å². The molecule has 0 aromatic carbocycles. The van der Waals surface area contributed by atoms with Gasteiger partial charge in [0.05, 0.1) is 18.9 Å². The zero-order valence-electron chi connectivity index (χ0n) is 18.7. The van der Waals surface area contributed by atoms with Gasteiger partial charge < -0.3 is 43.4 Å². The molecule has 4 atom stereocenters. The molecule has 0 heterocycles. The van der Waals surface area contributed by atoms with Crippen LogP contribution in [0, 0.1) is 5.92 Å². The van der Waals surface area contributed by atoms with Crippen LogP contribution in [0.3, 0.4) is 0 Å². The number of carboxylic acid groups (broad SMARTS) is 2. The Bertz CT molecular complexity index is 729. The summed E-state index contributed by atoms with van der Waals surface area (Å²) in [5, 5.41) is 25.2. The summed E-state index contributed by atoms with van der Waals surface area (Å²) in [4.78, 5) is 71.0.